The van der Waals surface area contributed by atoms with E-state index in [1.807, 2.05) is 6.07 Å². The van der Waals surface area contributed by atoms with Gasteiger partial charge in [0, 0.05) is 11.9 Å². The van der Waals surface area contributed by atoms with Gasteiger partial charge in [-0.1, -0.05) is 12.1 Å². The molecule has 0 spiro atoms. The van der Waals surface area contributed by atoms with E-state index in [1.54, 1.807) is 6.07 Å². The number of primary amides is 2. The van der Waals surface area contributed by atoms with Gasteiger partial charge in [-0.25, -0.2) is 0 Å². The van der Waals surface area contributed by atoms with E-state index in [1.165, 1.54) is 37.9 Å². The number of amides is 2. The maximum atomic E-state index is 11.2. The van der Waals surface area contributed by atoms with E-state index in [4.69, 9.17) is 14.9 Å². The summed E-state index contributed by atoms with van der Waals surface area (Å²) in [5.74, 6) is 1.17. The first kappa shape index (κ1) is 16.5. The second-order valence-electron chi connectivity index (χ2n) is 6.58. The zero-order valence-corrected chi connectivity index (χ0v) is 13.6. The number of nitrogens with zero attached hydrogens (tertiary/aromatic N) is 1. The number of nitrogens with two attached hydrogens (primary N) is 2. The first-order valence-corrected chi connectivity index (χ1v) is 8.31. The molecule has 6 heteroatoms. The zero-order chi connectivity index (χ0) is 17.1. The molecule has 1 atom stereocenters. The van der Waals surface area contributed by atoms with Crippen LogP contribution >= 0.6 is 0 Å². The molecular weight excluding hydrogens is 306 g/mol. The summed E-state index contributed by atoms with van der Waals surface area (Å²) in [6.45, 7) is 3.64. The number of carbonyl (C=O) groups excluding carboxylic acids is 2. The van der Waals surface area contributed by atoms with Crippen LogP contribution in [0.4, 0.5) is 0 Å². The van der Waals surface area contributed by atoms with Crippen LogP contribution in [0.2, 0.25) is 0 Å². The third-order valence-electron chi connectivity index (χ3n) is 5.06. The maximum absolute atomic E-state index is 11.2. The van der Waals surface area contributed by atoms with Crippen LogP contribution in [0.25, 0.3) is 11.0 Å². The summed E-state index contributed by atoms with van der Waals surface area (Å²) < 4.78 is 5.57. The van der Waals surface area contributed by atoms with E-state index in [0.29, 0.717) is 5.92 Å². The smallest absolute Gasteiger partial charge is 0.284 e. The van der Waals surface area contributed by atoms with Crippen LogP contribution < -0.4 is 11.5 Å². The highest BCUT2D eigenvalue weighted by atomic mass is 16.3. The minimum atomic E-state index is -0.508. The van der Waals surface area contributed by atoms with Gasteiger partial charge >= 0.3 is 0 Å². The predicted molar refractivity (Wildman–Crippen MR) is 91.5 cm³/mol. The molecule has 3 aliphatic heterocycles. The summed E-state index contributed by atoms with van der Waals surface area (Å²) in [7, 11) is 0. The minimum Gasteiger partial charge on any atom is -0.451 e. The van der Waals surface area contributed by atoms with Crippen molar-refractivity contribution < 1.29 is 14.0 Å². The Morgan fingerprint density at radius 3 is 2.62 bits per heavy atom. The fourth-order valence-electron chi connectivity index (χ4n) is 3.86. The predicted octanol–water partition coefficient (Wildman–Crippen LogP) is 1.83. The number of benzene rings is 1. The molecule has 5 rings (SSSR count). The van der Waals surface area contributed by atoms with Crippen LogP contribution in [0.5, 0.6) is 0 Å². The van der Waals surface area contributed by atoms with Crippen molar-refractivity contribution >= 4 is 23.3 Å². The molecule has 4 N–H and O–H groups in total. The molecule has 3 fully saturated rings. The Morgan fingerprint density at radius 2 is 1.96 bits per heavy atom. The van der Waals surface area contributed by atoms with Crippen molar-refractivity contribution in [3.05, 3.63) is 35.6 Å². The molecule has 1 aromatic heterocycles. The standard InChI is InChI=1S/C17H20N2O2.CH3NO/c18-17(20)16-9-13-2-1-12(8-15(13)21-16)14-7-11-3-5-19(10-14)6-4-11;2-1-3/h1-2,8-9,11,14H,3-7,10H2,(H2,18,20);1H,(H2,2,3)/t14-;/m0./s1. The van der Waals surface area contributed by atoms with Crippen LogP contribution in [-0.2, 0) is 4.79 Å². The lowest BCUT2D eigenvalue weighted by molar-refractivity contribution is -0.106. The van der Waals surface area contributed by atoms with E-state index < -0.39 is 5.91 Å². The van der Waals surface area contributed by atoms with Gasteiger partial charge in [-0.2, -0.15) is 0 Å². The van der Waals surface area contributed by atoms with Gasteiger partial charge in [0.15, 0.2) is 5.76 Å². The molecule has 2 amide bonds. The van der Waals surface area contributed by atoms with Crippen LogP contribution in [0.3, 0.4) is 0 Å². The number of hydrogen-bond donors (Lipinski definition) is 2. The second kappa shape index (κ2) is 7.05. The molecule has 3 aliphatic rings. The van der Waals surface area contributed by atoms with Crippen molar-refractivity contribution in [3.63, 3.8) is 0 Å². The maximum Gasteiger partial charge on any atom is 0.284 e. The molecule has 6 nitrogen and oxygen atoms in total. The molecule has 0 saturated carbocycles. The van der Waals surface area contributed by atoms with Crippen molar-refractivity contribution in [2.75, 3.05) is 19.6 Å². The van der Waals surface area contributed by atoms with Crippen molar-refractivity contribution in [2.24, 2.45) is 17.4 Å². The van der Waals surface area contributed by atoms with Crippen LogP contribution in [-0.4, -0.2) is 36.9 Å². The van der Waals surface area contributed by atoms with E-state index in [2.05, 4.69) is 22.8 Å². The lowest BCUT2D eigenvalue weighted by Gasteiger charge is -2.26. The third kappa shape index (κ3) is 3.43. The average Bonchev–Trinajstić information content (AvgIpc) is 2.76. The first-order valence-electron chi connectivity index (χ1n) is 8.31. The number of fused-ring (bicyclic) bond motifs is 5. The summed E-state index contributed by atoms with van der Waals surface area (Å²) >= 11 is 0. The Balaban J connectivity index is 0.000000526. The van der Waals surface area contributed by atoms with E-state index >= 15 is 0 Å². The van der Waals surface area contributed by atoms with Crippen molar-refractivity contribution in [2.45, 2.75) is 25.2 Å². The second-order valence-corrected chi connectivity index (χ2v) is 6.58. The SMILES string of the molecule is NC(=O)c1cc2ccc([C@H]3CC4CCN(CC4)C3)cc2o1.NC=O. The van der Waals surface area contributed by atoms with Crippen LogP contribution in [0.15, 0.2) is 28.7 Å². The molecule has 4 heterocycles. The lowest BCUT2D eigenvalue weighted by Crippen LogP contribution is -2.31. The van der Waals surface area contributed by atoms with Crippen molar-refractivity contribution in [3.8, 4) is 0 Å². The molecule has 3 saturated heterocycles. The quantitative estimate of drug-likeness (QED) is 0.820. The molecule has 24 heavy (non-hydrogen) atoms. The summed E-state index contributed by atoms with van der Waals surface area (Å²) in [5, 5.41) is 0.949. The monoisotopic (exact) mass is 329 g/mol. The molecule has 2 aromatic rings. The van der Waals surface area contributed by atoms with Gasteiger partial charge in [-0.15, -0.1) is 0 Å². The number of hydrogen-bond acceptors (Lipinski definition) is 4. The van der Waals surface area contributed by atoms with Crippen LogP contribution in [0.1, 0.15) is 41.3 Å². The average molecular weight is 329 g/mol. The largest absolute Gasteiger partial charge is 0.451 e. The zero-order valence-electron chi connectivity index (χ0n) is 13.6. The molecule has 0 radical (unpaired) electrons. The van der Waals surface area contributed by atoms with Gasteiger partial charge < -0.3 is 20.8 Å². The fourth-order valence-corrected chi connectivity index (χ4v) is 3.86. The highest BCUT2D eigenvalue weighted by Gasteiger charge is 2.30. The topological polar surface area (TPSA) is 103 Å². The van der Waals surface area contributed by atoms with Gasteiger partial charge in [0.05, 0.1) is 0 Å². The summed E-state index contributed by atoms with van der Waals surface area (Å²) in [6, 6.07) is 8.04. The minimum absolute atomic E-state index is 0.242. The molecule has 1 aromatic carbocycles. The Bertz CT molecular complexity index is 718. The fraction of sp³-hybridized carbons (Fsp3) is 0.444. The summed E-state index contributed by atoms with van der Waals surface area (Å²) in [6.07, 6.45) is 4.20. The van der Waals surface area contributed by atoms with Gasteiger partial charge in [-0.05, 0) is 61.9 Å². The molecule has 0 aliphatic carbocycles. The first-order chi connectivity index (χ1) is 11.6. The molecular formula is C18H23N3O3. The van der Waals surface area contributed by atoms with E-state index in [0.717, 1.165) is 23.4 Å². The highest BCUT2D eigenvalue weighted by molar-refractivity contribution is 5.95. The van der Waals surface area contributed by atoms with Crippen molar-refractivity contribution in [1.29, 1.82) is 0 Å². The van der Waals surface area contributed by atoms with Crippen molar-refractivity contribution in [1.82, 2.24) is 4.90 Å². The number of carbonyl (C=O) groups is 2. The summed E-state index contributed by atoms with van der Waals surface area (Å²) in [4.78, 5) is 22.4. The van der Waals surface area contributed by atoms with E-state index in [-0.39, 0.29) is 12.2 Å². The van der Waals surface area contributed by atoms with Gasteiger partial charge in [0.2, 0.25) is 6.41 Å². The molecule has 128 valence electrons. The Hall–Kier alpha value is -2.34. The van der Waals surface area contributed by atoms with Gasteiger partial charge in [0.25, 0.3) is 5.91 Å². The number of rotatable bonds is 2. The van der Waals surface area contributed by atoms with Gasteiger partial charge in [-0.3, -0.25) is 9.59 Å². The normalized spacial score (nSPS) is 25.6. The van der Waals surface area contributed by atoms with E-state index in [9.17, 15) is 4.79 Å². The Labute approximate surface area is 140 Å². The summed E-state index contributed by atoms with van der Waals surface area (Å²) in [5.41, 5.74) is 11.5. The highest BCUT2D eigenvalue weighted by Crippen LogP contribution is 2.36. The number of piperidine rings is 1. The van der Waals surface area contributed by atoms with Crippen LogP contribution in [0, 0.1) is 5.92 Å². The molecule has 0 unspecified atom stereocenters. The molecule has 2 bridgehead atoms. The third-order valence-corrected chi connectivity index (χ3v) is 5.06. The van der Waals surface area contributed by atoms with Gasteiger partial charge in [0.1, 0.15) is 5.58 Å². The number of furan rings is 1. The lowest BCUT2D eigenvalue weighted by atomic mass is 9.87. The Morgan fingerprint density at radius 1 is 1.25 bits per heavy atom. The Kier molecular flexibility index (Phi) is 4.85.